The molecule has 0 spiro atoms. The number of anilines is 1. The van der Waals surface area contributed by atoms with Crippen LogP contribution in [0.3, 0.4) is 0 Å². The molecule has 6 nitrogen and oxygen atoms in total. The van der Waals surface area contributed by atoms with Crippen molar-refractivity contribution in [3.05, 3.63) is 62.6 Å². The van der Waals surface area contributed by atoms with Gasteiger partial charge in [0.15, 0.2) is 0 Å². The molecule has 0 aliphatic heterocycles. The van der Waals surface area contributed by atoms with E-state index in [4.69, 9.17) is 9.72 Å². The molecule has 1 heterocycles. The van der Waals surface area contributed by atoms with Gasteiger partial charge in [-0.15, -0.1) is 0 Å². The Balaban J connectivity index is 2.08. The summed E-state index contributed by atoms with van der Waals surface area (Å²) in [6, 6.07) is 11.5. The summed E-state index contributed by atoms with van der Waals surface area (Å²) in [6.07, 6.45) is 3.20. The highest BCUT2D eigenvalue weighted by molar-refractivity contribution is 9.10. The minimum atomic E-state index is -0.182. The van der Waals surface area contributed by atoms with Crippen molar-refractivity contribution in [1.29, 1.82) is 0 Å². The second kappa shape index (κ2) is 9.86. The van der Waals surface area contributed by atoms with E-state index in [9.17, 15) is 4.79 Å². The molecule has 32 heavy (non-hydrogen) atoms. The highest BCUT2D eigenvalue weighted by Gasteiger charge is 2.14. The number of nitrogens with zero attached hydrogens (tertiary/aromatic N) is 4. The average molecular weight is 499 g/mol. The fraction of sp³-hybridized carbons (Fsp3) is 0.400. The first-order valence-corrected chi connectivity index (χ1v) is 11.6. The van der Waals surface area contributed by atoms with Crippen LogP contribution in [0.5, 0.6) is 5.75 Å². The van der Waals surface area contributed by atoms with Crippen molar-refractivity contribution in [1.82, 2.24) is 9.66 Å². The lowest BCUT2D eigenvalue weighted by molar-refractivity contribution is 0.198. The van der Waals surface area contributed by atoms with E-state index in [1.807, 2.05) is 49.3 Å². The van der Waals surface area contributed by atoms with Gasteiger partial charge in [0.25, 0.3) is 5.56 Å². The summed E-state index contributed by atoms with van der Waals surface area (Å²) in [4.78, 5) is 20.0. The molecular formula is C25H31BrN4O2. The number of benzene rings is 2. The molecule has 0 unspecified atom stereocenters. The topological polar surface area (TPSA) is 59.7 Å². The maximum atomic E-state index is 13.2. The maximum absolute atomic E-state index is 13.2. The Morgan fingerprint density at radius 2 is 1.94 bits per heavy atom. The van der Waals surface area contributed by atoms with Gasteiger partial charge < -0.3 is 9.64 Å². The Bertz CT molecular complexity index is 1190. The van der Waals surface area contributed by atoms with Crippen molar-refractivity contribution in [2.75, 3.05) is 25.6 Å². The van der Waals surface area contributed by atoms with E-state index in [2.05, 4.69) is 48.7 Å². The molecule has 2 aromatic carbocycles. The molecule has 170 valence electrons. The third-order valence-electron chi connectivity index (χ3n) is 4.84. The smallest absolute Gasteiger partial charge is 0.282 e. The van der Waals surface area contributed by atoms with Gasteiger partial charge in [-0.1, -0.05) is 43.6 Å². The zero-order valence-electron chi connectivity index (χ0n) is 19.6. The highest BCUT2D eigenvalue weighted by Crippen LogP contribution is 2.26. The average Bonchev–Trinajstić information content (AvgIpc) is 2.72. The quantitative estimate of drug-likeness (QED) is 0.404. The number of hydrogen-bond acceptors (Lipinski definition) is 5. The van der Waals surface area contributed by atoms with Crippen LogP contribution in [0.25, 0.3) is 10.9 Å². The first-order chi connectivity index (χ1) is 15.1. The summed E-state index contributed by atoms with van der Waals surface area (Å²) in [5.41, 5.74) is 2.36. The van der Waals surface area contributed by atoms with Gasteiger partial charge in [0.2, 0.25) is 0 Å². The SMILES string of the molecule is CCCc1nc2ccc(Br)cc2c(=O)n1N=Cc1ccc(N(C)C)cc1OCC(C)(C)C. The molecule has 0 aliphatic rings. The monoisotopic (exact) mass is 498 g/mol. The Kier molecular flexibility index (Phi) is 7.39. The van der Waals surface area contributed by atoms with E-state index in [0.717, 1.165) is 27.9 Å². The molecule has 0 bridgehead atoms. The summed E-state index contributed by atoms with van der Waals surface area (Å²) in [6.45, 7) is 9.02. The number of ether oxygens (including phenoxy) is 1. The third kappa shape index (κ3) is 5.76. The molecule has 0 saturated heterocycles. The summed E-state index contributed by atoms with van der Waals surface area (Å²) in [7, 11) is 3.98. The number of halogens is 1. The summed E-state index contributed by atoms with van der Waals surface area (Å²) >= 11 is 3.44. The van der Waals surface area contributed by atoms with Gasteiger partial charge in [-0.25, -0.2) is 4.98 Å². The van der Waals surface area contributed by atoms with Crippen LogP contribution in [-0.4, -0.2) is 36.6 Å². The molecule has 3 rings (SSSR count). The number of aryl methyl sites for hydroxylation is 1. The maximum Gasteiger partial charge on any atom is 0.282 e. The lowest BCUT2D eigenvalue weighted by Gasteiger charge is -2.21. The molecule has 0 N–H and O–H groups in total. The zero-order valence-corrected chi connectivity index (χ0v) is 21.2. The van der Waals surface area contributed by atoms with E-state index in [0.29, 0.717) is 29.8 Å². The van der Waals surface area contributed by atoms with Crippen LogP contribution < -0.4 is 15.2 Å². The zero-order chi connectivity index (χ0) is 23.5. The summed E-state index contributed by atoms with van der Waals surface area (Å²) in [5, 5.41) is 5.09. The highest BCUT2D eigenvalue weighted by atomic mass is 79.9. The van der Waals surface area contributed by atoms with Gasteiger partial charge in [-0.2, -0.15) is 9.78 Å². The Hall–Kier alpha value is -2.67. The molecule has 1 aromatic heterocycles. The third-order valence-corrected chi connectivity index (χ3v) is 5.33. The predicted octanol–water partition coefficient (Wildman–Crippen LogP) is 5.48. The van der Waals surface area contributed by atoms with Crippen LogP contribution in [0.15, 0.2) is 50.8 Å². The molecular weight excluding hydrogens is 468 g/mol. The molecule has 0 atom stereocenters. The first-order valence-electron chi connectivity index (χ1n) is 10.8. The Morgan fingerprint density at radius 1 is 1.19 bits per heavy atom. The van der Waals surface area contributed by atoms with Gasteiger partial charge >= 0.3 is 0 Å². The lowest BCUT2D eigenvalue weighted by Crippen LogP contribution is -2.22. The Labute approximate surface area is 198 Å². The van der Waals surface area contributed by atoms with Crippen LogP contribution in [0.2, 0.25) is 0 Å². The summed E-state index contributed by atoms with van der Waals surface area (Å²) < 4.78 is 8.39. The molecule has 0 amide bonds. The number of aromatic nitrogens is 2. The Morgan fingerprint density at radius 3 is 2.59 bits per heavy atom. The van der Waals surface area contributed by atoms with Crippen LogP contribution in [0.4, 0.5) is 5.69 Å². The normalized spacial score (nSPS) is 12.0. The van der Waals surface area contributed by atoms with Gasteiger partial charge in [-0.3, -0.25) is 4.79 Å². The second-order valence-electron chi connectivity index (χ2n) is 9.27. The van der Waals surface area contributed by atoms with Crippen LogP contribution in [0.1, 0.15) is 45.5 Å². The van der Waals surface area contributed by atoms with Gasteiger partial charge in [0.05, 0.1) is 23.7 Å². The van der Waals surface area contributed by atoms with Gasteiger partial charge in [-0.05, 0) is 42.2 Å². The van der Waals surface area contributed by atoms with E-state index >= 15 is 0 Å². The van der Waals surface area contributed by atoms with Crippen molar-refractivity contribution in [2.24, 2.45) is 10.5 Å². The largest absolute Gasteiger partial charge is 0.492 e. The molecule has 7 heteroatoms. The lowest BCUT2D eigenvalue weighted by atomic mass is 9.98. The molecule has 0 radical (unpaired) electrons. The fourth-order valence-corrected chi connectivity index (χ4v) is 3.51. The van der Waals surface area contributed by atoms with Gasteiger partial charge in [0, 0.05) is 42.3 Å². The standard InChI is InChI=1S/C25H31BrN4O2/c1-7-8-23-28-21-12-10-18(26)13-20(21)24(31)30(23)27-15-17-9-11-19(29(5)6)14-22(17)32-16-25(2,3)4/h9-15H,7-8,16H2,1-6H3. The van der Waals surface area contributed by atoms with E-state index in [1.54, 1.807) is 12.3 Å². The van der Waals surface area contributed by atoms with Crippen molar-refractivity contribution in [2.45, 2.75) is 40.5 Å². The minimum Gasteiger partial charge on any atom is -0.492 e. The predicted molar refractivity (Wildman–Crippen MR) is 136 cm³/mol. The first kappa shape index (κ1) is 24.0. The van der Waals surface area contributed by atoms with Crippen LogP contribution in [-0.2, 0) is 6.42 Å². The minimum absolute atomic E-state index is 0.0173. The molecule has 3 aromatic rings. The fourth-order valence-electron chi connectivity index (χ4n) is 3.15. The van der Waals surface area contributed by atoms with Crippen molar-refractivity contribution in [3.8, 4) is 5.75 Å². The number of hydrogen-bond donors (Lipinski definition) is 0. The molecule has 0 aliphatic carbocycles. The van der Waals surface area contributed by atoms with Crippen molar-refractivity contribution in [3.63, 3.8) is 0 Å². The second-order valence-corrected chi connectivity index (χ2v) is 10.2. The molecule has 0 saturated carbocycles. The van der Waals surface area contributed by atoms with Crippen LogP contribution in [0, 0.1) is 5.41 Å². The van der Waals surface area contributed by atoms with E-state index < -0.39 is 0 Å². The summed E-state index contributed by atoms with van der Waals surface area (Å²) in [5.74, 6) is 1.38. The molecule has 0 fully saturated rings. The van der Waals surface area contributed by atoms with Crippen molar-refractivity contribution < 1.29 is 4.74 Å². The number of rotatable bonds is 7. The van der Waals surface area contributed by atoms with Gasteiger partial charge in [0.1, 0.15) is 11.6 Å². The van der Waals surface area contributed by atoms with E-state index in [-0.39, 0.29) is 11.0 Å². The number of fused-ring (bicyclic) bond motifs is 1. The van der Waals surface area contributed by atoms with Crippen molar-refractivity contribution >= 4 is 38.7 Å². The van der Waals surface area contributed by atoms with Crippen LogP contribution >= 0.6 is 15.9 Å². The van der Waals surface area contributed by atoms with E-state index in [1.165, 1.54) is 4.68 Å².